The SMILES string of the molecule is CCCNC(=NCc1nc(C)no1)NCC.I. The molecule has 2 N–H and O–H groups in total. The van der Waals surface area contributed by atoms with E-state index >= 15 is 0 Å². The van der Waals surface area contributed by atoms with Crippen LogP contribution in [0, 0.1) is 6.92 Å². The van der Waals surface area contributed by atoms with E-state index in [9.17, 15) is 0 Å². The number of aryl methyl sites for hydroxylation is 1. The zero-order chi connectivity index (χ0) is 11.8. The molecule has 0 fully saturated rings. The highest BCUT2D eigenvalue weighted by Crippen LogP contribution is 1.97. The summed E-state index contributed by atoms with van der Waals surface area (Å²) in [5, 5.41) is 10.0. The van der Waals surface area contributed by atoms with Gasteiger partial charge < -0.3 is 15.2 Å². The molecule has 1 heterocycles. The van der Waals surface area contributed by atoms with Crippen molar-refractivity contribution in [1.82, 2.24) is 20.8 Å². The van der Waals surface area contributed by atoms with Gasteiger partial charge in [-0.25, -0.2) is 4.99 Å². The van der Waals surface area contributed by atoms with Crippen LogP contribution in [0.15, 0.2) is 9.52 Å². The van der Waals surface area contributed by atoms with E-state index in [0.717, 1.165) is 25.5 Å². The monoisotopic (exact) mass is 353 g/mol. The lowest BCUT2D eigenvalue weighted by Crippen LogP contribution is -2.37. The number of nitrogens with one attached hydrogen (secondary N) is 2. The first kappa shape index (κ1) is 16.1. The van der Waals surface area contributed by atoms with Gasteiger partial charge in [0.1, 0.15) is 6.54 Å². The van der Waals surface area contributed by atoms with Gasteiger partial charge in [0.25, 0.3) is 0 Å². The van der Waals surface area contributed by atoms with Gasteiger partial charge in [0, 0.05) is 13.1 Å². The Bertz CT molecular complexity index is 339. The highest BCUT2D eigenvalue weighted by atomic mass is 127. The normalized spacial score (nSPS) is 10.9. The van der Waals surface area contributed by atoms with E-state index in [-0.39, 0.29) is 24.0 Å². The molecule has 0 radical (unpaired) electrons. The van der Waals surface area contributed by atoms with Crippen molar-refractivity contribution in [2.75, 3.05) is 13.1 Å². The molecule has 0 saturated heterocycles. The van der Waals surface area contributed by atoms with Gasteiger partial charge in [-0.1, -0.05) is 12.1 Å². The number of halogens is 1. The fourth-order valence-electron chi connectivity index (χ4n) is 1.14. The Kier molecular flexibility index (Phi) is 8.73. The number of rotatable bonds is 5. The summed E-state index contributed by atoms with van der Waals surface area (Å²) in [5.74, 6) is 1.95. The topological polar surface area (TPSA) is 75.3 Å². The van der Waals surface area contributed by atoms with Crippen molar-refractivity contribution in [1.29, 1.82) is 0 Å². The fourth-order valence-corrected chi connectivity index (χ4v) is 1.14. The summed E-state index contributed by atoms with van der Waals surface area (Å²) in [6.07, 6.45) is 1.06. The van der Waals surface area contributed by atoms with Crippen molar-refractivity contribution in [3.05, 3.63) is 11.7 Å². The minimum Gasteiger partial charge on any atom is -0.357 e. The summed E-state index contributed by atoms with van der Waals surface area (Å²) < 4.78 is 4.97. The molecule has 1 aromatic heterocycles. The maximum atomic E-state index is 4.97. The Hall–Kier alpha value is -0.860. The lowest BCUT2D eigenvalue weighted by atomic mass is 10.5. The zero-order valence-corrected chi connectivity index (χ0v) is 12.8. The second-order valence-corrected chi connectivity index (χ2v) is 3.36. The van der Waals surface area contributed by atoms with Crippen molar-refractivity contribution < 1.29 is 4.52 Å². The Labute approximate surface area is 119 Å². The molecular formula is C10H20IN5O. The quantitative estimate of drug-likeness (QED) is 0.476. The van der Waals surface area contributed by atoms with Gasteiger partial charge in [-0.3, -0.25) is 0 Å². The molecule has 7 heteroatoms. The fraction of sp³-hybridized carbons (Fsp3) is 0.700. The zero-order valence-electron chi connectivity index (χ0n) is 10.5. The average Bonchev–Trinajstić information content (AvgIpc) is 2.68. The van der Waals surface area contributed by atoms with E-state index in [4.69, 9.17) is 4.52 Å². The van der Waals surface area contributed by atoms with Gasteiger partial charge in [-0.05, 0) is 20.3 Å². The molecule has 0 unspecified atom stereocenters. The number of aromatic nitrogens is 2. The third kappa shape index (κ3) is 6.44. The predicted octanol–water partition coefficient (Wildman–Crippen LogP) is 1.46. The van der Waals surface area contributed by atoms with Crippen LogP contribution in [0.4, 0.5) is 0 Å². The molecule has 0 aliphatic heterocycles. The Balaban J connectivity index is 0.00000256. The molecule has 1 aromatic rings. The minimum atomic E-state index is 0. The van der Waals surface area contributed by atoms with Gasteiger partial charge in [0.2, 0.25) is 5.89 Å². The van der Waals surface area contributed by atoms with Crippen molar-refractivity contribution >= 4 is 29.9 Å². The summed E-state index contributed by atoms with van der Waals surface area (Å²) in [6, 6.07) is 0. The van der Waals surface area contributed by atoms with Crippen LogP contribution in [0.5, 0.6) is 0 Å². The van der Waals surface area contributed by atoms with Crippen LogP contribution < -0.4 is 10.6 Å². The summed E-state index contributed by atoms with van der Waals surface area (Å²) in [5.41, 5.74) is 0. The molecule has 6 nitrogen and oxygen atoms in total. The van der Waals surface area contributed by atoms with E-state index in [0.29, 0.717) is 18.3 Å². The Morgan fingerprint density at radius 2 is 2.12 bits per heavy atom. The van der Waals surface area contributed by atoms with Crippen molar-refractivity contribution in [2.45, 2.75) is 33.7 Å². The van der Waals surface area contributed by atoms with Gasteiger partial charge in [-0.15, -0.1) is 24.0 Å². The smallest absolute Gasteiger partial charge is 0.248 e. The third-order valence-electron chi connectivity index (χ3n) is 1.83. The van der Waals surface area contributed by atoms with Crippen molar-refractivity contribution in [2.24, 2.45) is 4.99 Å². The van der Waals surface area contributed by atoms with Crippen LogP contribution in [0.25, 0.3) is 0 Å². The van der Waals surface area contributed by atoms with Crippen LogP contribution in [-0.2, 0) is 6.54 Å². The molecule has 0 amide bonds. The molecule has 0 bridgehead atoms. The number of aliphatic imine (C=N–C) groups is 1. The highest BCUT2D eigenvalue weighted by Gasteiger charge is 2.02. The average molecular weight is 353 g/mol. The van der Waals surface area contributed by atoms with Crippen LogP contribution >= 0.6 is 24.0 Å². The summed E-state index contributed by atoms with van der Waals surface area (Å²) in [6.45, 7) is 8.06. The maximum Gasteiger partial charge on any atom is 0.248 e. The molecule has 0 aliphatic carbocycles. The summed E-state index contributed by atoms with van der Waals surface area (Å²) >= 11 is 0. The highest BCUT2D eigenvalue weighted by molar-refractivity contribution is 14.0. The Morgan fingerprint density at radius 1 is 1.35 bits per heavy atom. The van der Waals surface area contributed by atoms with Gasteiger partial charge in [0.15, 0.2) is 11.8 Å². The second-order valence-electron chi connectivity index (χ2n) is 3.36. The van der Waals surface area contributed by atoms with Crippen LogP contribution in [0.3, 0.4) is 0 Å². The Morgan fingerprint density at radius 3 is 2.65 bits per heavy atom. The molecule has 0 saturated carbocycles. The molecule has 1 rings (SSSR count). The van der Waals surface area contributed by atoms with Crippen molar-refractivity contribution in [3.8, 4) is 0 Å². The second kappa shape index (κ2) is 9.20. The van der Waals surface area contributed by atoms with E-state index in [1.807, 2.05) is 6.92 Å². The maximum absolute atomic E-state index is 4.97. The van der Waals surface area contributed by atoms with E-state index in [2.05, 4.69) is 32.7 Å². The first-order valence-corrected chi connectivity index (χ1v) is 5.57. The first-order chi connectivity index (χ1) is 7.76. The molecule has 0 spiro atoms. The lowest BCUT2D eigenvalue weighted by molar-refractivity contribution is 0.376. The number of nitrogens with zero attached hydrogens (tertiary/aromatic N) is 3. The molecule has 0 aliphatic rings. The van der Waals surface area contributed by atoms with E-state index < -0.39 is 0 Å². The number of hydrogen-bond acceptors (Lipinski definition) is 4. The van der Waals surface area contributed by atoms with E-state index in [1.165, 1.54) is 0 Å². The molecule has 0 atom stereocenters. The standard InChI is InChI=1S/C10H19N5O.HI/c1-4-6-12-10(11-5-2)13-7-9-14-8(3)15-16-9;/h4-7H2,1-3H3,(H2,11,12,13);1H. The lowest BCUT2D eigenvalue weighted by Gasteiger charge is -2.09. The van der Waals surface area contributed by atoms with Gasteiger partial charge in [0.05, 0.1) is 0 Å². The van der Waals surface area contributed by atoms with Crippen LogP contribution in [0.2, 0.25) is 0 Å². The predicted molar refractivity (Wildman–Crippen MR) is 77.6 cm³/mol. The minimum absolute atomic E-state index is 0. The van der Waals surface area contributed by atoms with Crippen LogP contribution in [-0.4, -0.2) is 29.2 Å². The number of hydrogen-bond donors (Lipinski definition) is 2. The van der Waals surface area contributed by atoms with E-state index in [1.54, 1.807) is 6.92 Å². The largest absolute Gasteiger partial charge is 0.357 e. The number of guanidine groups is 1. The molecular weight excluding hydrogens is 333 g/mol. The summed E-state index contributed by atoms with van der Waals surface area (Å²) in [7, 11) is 0. The molecule has 0 aromatic carbocycles. The van der Waals surface area contributed by atoms with Gasteiger partial charge in [-0.2, -0.15) is 4.98 Å². The molecule has 17 heavy (non-hydrogen) atoms. The molecule has 98 valence electrons. The van der Waals surface area contributed by atoms with Gasteiger partial charge >= 0.3 is 0 Å². The summed E-state index contributed by atoms with van der Waals surface area (Å²) in [4.78, 5) is 8.42. The van der Waals surface area contributed by atoms with Crippen molar-refractivity contribution in [3.63, 3.8) is 0 Å². The van der Waals surface area contributed by atoms with Crippen LogP contribution in [0.1, 0.15) is 32.0 Å². The third-order valence-corrected chi connectivity index (χ3v) is 1.83. The first-order valence-electron chi connectivity index (χ1n) is 5.57.